The molecule has 2 fully saturated rings. The second kappa shape index (κ2) is 8.50. The molecule has 190 valence electrons. The van der Waals surface area contributed by atoms with E-state index in [0.29, 0.717) is 17.3 Å². The van der Waals surface area contributed by atoms with E-state index in [4.69, 9.17) is 9.72 Å². The van der Waals surface area contributed by atoms with Gasteiger partial charge in [0.15, 0.2) is 11.4 Å². The van der Waals surface area contributed by atoms with Crippen molar-refractivity contribution in [1.29, 1.82) is 0 Å². The van der Waals surface area contributed by atoms with Gasteiger partial charge in [0, 0.05) is 35.0 Å². The first-order valence-electron chi connectivity index (χ1n) is 12.8. The van der Waals surface area contributed by atoms with Gasteiger partial charge in [-0.1, -0.05) is 13.8 Å². The molecule has 1 saturated heterocycles. The zero-order valence-corrected chi connectivity index (χ0v) is 21.2. The second-order valence-electron chi connectivity index (χ2n) is 10.7. The number of halogens is 2. The van der Waals surface area contributed by atoms with Crippen LogP contribution in [0.3, 0.4) is 0 Å². The maximum Gasteiger partial charge on any atom is 0.272 e. The molecule has 36 heavy (non-hydrogen) atoms. The van der Waals surface area contributed by atoms with Crippen molar-refractivity contribution in [3.8, 4) is 17.0 Å². The summed E-state index contributed by atoms with van der Waals surface area (Å²) in [4.78, 5) is 15.1. The molecule has 1 saturated carbocycles. The van der Waals surface area contributed by atoms with Crippen LogP contribution in [0.5, 0.6) is 5.75 Å². The summed E-state index contributed by atoms with van der Waals surface area (Å²) < 4.78 is 34.0. The molecule has 0 unspecified atom stereocenters. The van der Waals surface area contributed by atoms with Crippen molar-refractivity contribution in [1.82, 2.24) is 29.5 Å². The quantitative estimate of drug-likeness (QED) is 0.386. The molecule has 0 amide bonds. The number of nitrogens with zero attached hydrogens (tertiary/aromatic N) is 5. The van der Waals surface area contributed by atoms with Crippen LogP contribution in [0, 0.1) is 6.92 Å². The van der Waals surface area contributed by atoms with Crippen LogP contribution in [0.1, 0.15) is 68.2 Å². The van der Waals surface area contributed by atoms with Crippen LogP contribution < -0.4 is 4.74 Å². The van der Waals surface area contributed by atoms with Crippen LogP contribution >= 0.6 is 0 Å². The normalized spacial score (nSPS) is 22.4. The van der Waals surface area contributed by atoms with E-state index in [1.54, 1.807) is 11.6 Å². The number of fused-ring (bicyclic) bond motifs is 2. The minimum atomic E-state index is -2.50. The molecule has 7 nitrogen and oxygen atoms in total. The summed E-state index contributed by atoms with van der Waals surface area (Å²) in [5.41, 5.74) is 8.17. The zero-order chi connectivity index (χ0) is 25.2. The van der Waals surface area contributed by atoms with Crippen molar-refractivity contribution in [2.75, 3.05) is 20.2 Å². The van der Waals surface area contributed by atoms with Crippen LogP contribution in [-0.4, -0.2) is 61.6 Å². The fourth-order valence-corrected chi connectivity index (χ4v) is 6.15. The van der Waals surface area contributed by atoms with Crippen molar-refractivity contribution >= 4 is 16.7 Å². The van der Waals surface area contributed by atoms with Gasteiger partial charge in [-0.25, -0.2) is 18.3 Å². The summed E-state index contributed by atoms with van der Waals surface area (Å²) >= 11 is 0. The maximum absolute atomic E-state index is 13.3. The first-order chi connectivity index (χ1) is 17.2. The summed E-state index contributed by atoms with van der Waals surface area (Å²) in [6.07, 6.45) is 7.37. The number of rotatable bonds is 5. The molecule has 0 aromatic carbocycles. The third kappa shape index (κ3) is 3.84. The summed E-state index contributed by atoms with van der Waals surface area (Å²) in [7, 11) is 1.64. The van der Waals surface area contributed by atoms with Crippen LogP contribution in [0.4, 0.5) is 8.78 Å². The Morgan fingerprint density at radius 3 is 2.56 bits per heavy atom. The number of aromatic amines is 1. The molecular formula is C27H32F2N6O. The van der Waals surface area contributed by atoms with E-state index < -0.39 is 5.92 Å². The summed E-state index contributed by atoms with van der Waals surface area (Å²) in [5.74, 6) is -1.22. The molecule has 2 aliphatic rings. The number of pyridine rings is 2. The molecule has 4 aromatic rings. The van der Waals surface area contributed by atoms with E-state index in [-0.39, 0.29) is 25.0 Å². The molecule has 0 atom stereocenters. The Hall–Kier alpha value is -3.07. The predicted molar refractivity (Wildman–Crippen MR) is 135 cm³/mol. The lowest BCUT2D eigenvalue weighted by molar-refractivity contribution is -0.150. The monoisotopic (exact) mass is 494 g/mol. The maximum atomic E-state index is 13.3. The predicted octanol–water partition coefficient (Wildman–Crippen LogP) is 5.69. The highest BCUT2D eigenvalue weighted by atomic mass is 19.3. The van der Waals surface area contributed by atoms with Gasteiger partial charge in [0.05, 0.1) is 36.9 Å². The number of nitrogens with one attached hydrogen (secondary N) is 1. The fourth-order valence-electron chi connectivity index (χ4n) is 6.15. The number of aromatic nitrogens is 5. The lowest BCUT2D eigenvalue weighted by Gasteiger charge is -2.46. The average Bonchev–Trinajstić information content (AvgIpc) is 3.45. The van der Waals surface area contributed by atoms with E-state index in [2.05, 4.69) is 41.9 Å². The molecule has 0 spiro atoms. The number of aryl methyl sites for hydroxylation is 1. The van der Waals surface area contributed by atoms with Crippen LogP contribution in [0.25, 0.3) is 27.9 Å². The summed E-state index contributed by atoms with van der Waals surface area (Å²) in [6.45, 7) is 6.34. The van der Waals surface area contributed by atoms with E-state index >= 15 is 0 Å². The Balaban J connectivity index is 1.35. The lowest BCUT2D eigenvalue weighted by atomic mass is 9.81. The van der Waals surface area contributed by atoms with Gasteiger partial charge in [0.1, 0.15) is 6.33 Å². The standard InChI is InChI=1S/C27H32F2N6O/c1-15(2)22-24(18-10-21(36-4)26-30-14-31-35(26)11-18)32-20-9-16(3)23(33-25(20)22)17-5-7-19(8-6-17)34-12-27(28,29)13-34/h9-11,14-15,17,19,32H,5-8,12-13H2,1-4H3. The minimum absolute atomic E-state index is 0.0827. The highest BCUT2D eigenvalue weighted by molar-refractivity contribution is 5.89. The molecule has 5 heterocycles. The number of hydrogen-bond donors (Lipinski definition) is 1. The van der Waals surface area contributed by atoms with E-state index in [1.165, 1.54) is 17.5 Å². The minimum Gasteiger partial charge on any atom is -0.493 e. The second-order valence-corrected chi connectivity index (χ2v) is 10.7. The van der Waals surface area contributed by atoms with Gasteiger partial charge < -0.3 is 9.72 Å². The highest BCUT2D eigenvalue weighted by Gasteiger charge is 2.47. The van der Waals surface area contributed by atoms with Crippen molar-refractivity contribution < 1.29 is 13.5 Å². The van der Waals surface area contributed by atoms with E-state index in [1.807, 2.05) is 17.2 Å². The Bertz CT molecular complexity index is 1430. The van der Waals surface area contributed by atoms with E-state index in [9.17, 15) is 8.78 Å². The lowest BCUT2D eigenvalue weighted by Crippen LogP contribution is -2.60. The Labute approximate surface area is 208 Å². The largest absolute Gasteiger partial charge is 0.493 e. The van der Waals surface area contributed by atoms with Gasteiger partial charge in [-0.2, -0.15) is 5.10 Å². The van der Waals surface area contributed by atoms with Crippen molar-refractivity contribution in [2.24, 2.45) is 0 Å². The number of H-pyrrole nitrogens is 1. The molecule has 1 N–H and O–H groups in total. The molecule has 9 heteroatoms. The molecule has 1 aliphatic carbocycles. The first kappa shape index (κ1) is 23.3. The smallest absolute Gasteiger partial charge is 0.272 e. The van der Waals surface area contributed by atoms with Gasteiger partial charge in [-0.3, -0.25) is 9.88 Å². The fraction of sp³-hybridized carbons (Fsp3) is 0.519. The third-order valence-electron chi connectivity index (χ3n) is 7.93. The van der Waals surface area contributed by atoms with Crippen LogP contribution in [0.2, 0.25) is 0 Å². The molecule has 0 radical (unpaired) electrons. The van der Waals surface area contributed by atoms with Gasteiger partial charge in [0.25, 0.3) is 5.92 Å². The zero-order valence-electron chi connectivity index (χ0n) is 21.2. The number of alkyl halides is 2. The highest BCUT2D eigenvalue weighted by Crippen LogP contribution is 2.42. The van der Waals surface area contributed by atoms with Crippen LogP contribution in [-0.2, 0) is 0 Å². The number of methoxy groups -OCH3 is 1. The topological polar surface area (TPSA) is 71.3 Å². The molecule has 1 aliphatic heterocycles. The number of hydrogen-bond acceptors (Lipinski definition) is 5. The third-order valence-corrected chi connectivity index (χ3v) is 7.93. The van der Waals surface area contributed by atoms with Gasteiger partial charge in [-0.05, 0) is 56.2 Å². The SMILES string of the molecule is COc1cc(-c2[nH]c3cc(C)c(C4CCC(N5CC(F)(F)C5)CC4)nc3c2C(C)C)cn2ncnc12. The Morgan fingerprint density at radius 2 is 1.89 bits per heavy atom. The average molecular weight is 495 g/mol. The van der Waals surface area contributed by atoms with Crippen LogP contribution in [0.15, 0.2) is 24.7 Å². The van der Waals surface area contributed by atoms with Gasteiger partial charge >= 0.3 is 0 Å². The number of ether oxygens (including phenoxy) is 1. The molecular weight excluding hydrogens is 462 g/mol. The van der Waals surface area contributed by atoms with Gasteiger partial charge in [-0.15, -0.1) is 0 Å². The first-order valence-corrected chi connectivity index (χ1v) is 12.8. The Morgan fingerprint density at radius 1 is 1.14 bits per heavy atom. The molecule has 0 bridgehead atoms. The molecule has 4 aromatic heterocycles. The van der Waals surface area contributed by atoms with Crippen molar-refractivity contribution in [3.63, 3.8) is 0 Å². The summed E-state index contributed by atoms with van der Waals surface area (Å²) in [5, 5.41) is 4.32. The van der Waals surface area contributed by atoms with Crippen molar-refractivity contribution in [3.05, 3.63) is 41.5 Å². The summed E-state index contributed by atoms with van der Waals surface area (Å²) in [6, 6.07) is 4.48. The Kier molecular flexibility index (Phi) is 5.51. The number of likely N-dealkylation sites (tertiary alicyclic amines) is 1. The molecule has 6 rings (SSSR count). The van der Waals surface area contributed by atoms with Crippen molar-refractivity contribution in [2.45, 2.75) is 70.3 Å². The van der Waals surface area contributed by atoms with Gasteiger partial charge in [0.2, 0.25) is 0 Å². The van der Waals surface area contributed by atoms with E-state index in [0.717, 1.165) is 53.7 Å².